The van der Waals surface area contributed by atoms with Crippen LogP contribution < -0.4 is 24.2 Å². The SMILES string of the molecule is COc1ccc(/C=C/C(=O)Nc2ccc(S(=O)(=O)Nc3cccc(Cl)c3Cl)cc2)c(OC)c1OC. The fraction of sp³-hybridized carbons (Fsp3) is 0.125. The van der Waals surface area contributed by atoms with Crippen molar-refractivity contribution in [2.45, 2.75) is 4.90 Å². The Morgan fingerprint density at radius 2 is 1.57 bits per heavy atom. The van der Waals surface area contributed by atoms with Crippen LogP contribution in [0, 0.1) is 0 Å². The zero-order valence-corrected chi connectivity index (χ0v) is 21.3. The van der Waals surface area contributed by atoms with Gasteiger partial charge in [-0.05, 0) is 54.6 Å². The summed E-state index contributed by atoms with van der Waals surface area (Å²) in [5.74, 6) is 0.884. The average Bonchev–Trinajstić information content (AvgIpc) is 2.85. The molecular weight excluding hydrogens is 515 g/mol. The second-order valence-corrected chi connectivity index (χ2v) is 9.44. The van der Waals surface area contributed by atoms with E-state index < -0.39 is 15.9 Å². The third-order valence-corrected chi connectivity index (χ3v) is 6.98. The fourth-order valence-electron chi connectivity index (χ4n) is 3.11. The quantitative estimate of drug-likeness (QED) is 0.351. The third-order valence-electron chi connectivity index (χ3n) is 4.78. The molecule has 3 aromatic carbocycles. The van der Waals surface area contributed by atoms with E-state index >= 15 is 0 Å². The van der Waals surface area contributed by atoms with E-state index in [4.69, 9.17) is 37.4 Å². The lowest BCUT2D eigenvalue weighted by atomic mass is 10.1. The number of hydrogen-bond acceptors (Lipinski definition) is 6. The van der Waals surface area contributed by atoms with Crippen LogP contribution in [0.3, 0.4) is 0 Å². The molecule has 0 aliphatic carbocycles. The average molecular weight is 537 g/mol. The molecule has 11 heteroatoms. The van der Waals surface area contributed by atoms with E-state index in [0.29, 0.717) is 28.5 Å². The topological polar surface area (TPSA) is 103 Å². The molecule has 0 saturated heterocycles. The van der Waals surface area contributed by atoms with Crippen LogP contribution in [0.25, 0.3) is 6.08 Å². The van der Waals surface area contributed by atoms with Crippen LogP contribution in [0.2, 0.25) is 10.0 Å². The first-order valence-electron chi connectivity index (χ1n) is 10.0. The van der Waals surface area contributed by atoms with Crippen molar-refractivity contribution in [2.75, 3.05) is 31.4 Å². The molecule has 0 heterocycles. The number of halogens is 2. The summed E-state index contributed by atoms with van der Waals surface area (Å²) in [4.78, 5) is 12.4. The molecule has 0 bridgehead atoms. The van der Waals surface area contributed by atoms with Crippen molar-refractivity contribution in [1.82, 2.24) is 0 Å². The molecule has 0 aliphatic rings. The van der Waals surface area contributed by atoms with Crippen LogP contribution in [-0.4, -0.2) is 35.7 Å². The summed E-state index contributed by atoms with van der Waals surface area (Å²) in [5.41, 5.74) is 1.17. The van der Waals surface area contributed by atoms with Crippen molar-refractivity contribution in [3.63, 3.8) is 0 Å². The molecule has 2 N–H and O–H groups in total. The Morgan fingerprint density at radius 3 is 2.20 bits per heavy atom. The molecule has 0 aliphatic heterocycles. The predicted molar refractivity (Wildman–Crippen MR) is 137 cm³/mol. The highest BCUT2D eigenvalue weighted by atomic mass is 35.5. The van der Waals surface area contributed by atoms with Gasteiger partial charge in [-0.3, -0.25) is 9.52 Å². The van der Waals surface area contributed by atoms with Gasteiger partial charge in [0, 0.05) is 17.3 Å². The van der Waals surface area contributed by atoms with E-state index in [-0.39, 0.29) is 20.6 Å². The fourth-order valence-corrected chi connectivity index (χ4v) is 4.58. The first-order chi connectivity index (χ1) is 16.7. The maximum Gasteiger partial charge on any atom is 0.261 e. The highest BCUT2D eigenvalue weighted by Gasteiger charge is 2.17. The van der Waals surface area contributed by atoms with E-state index in [1.807, 2.05) is 0 Å². The lowest BCUT2D eigenvalue weighted by Gasteiger charge is -2.14. The molecule has 0 aromatic heterocycles. The molecule has 0 spiro atoms. The Balaban J connectivity index is 1.72. The number of methoxy groups -OCH3 is 3. The zero-order valence-electron chi connectivity index (χ0n) is 19.0. The number of anilines is 2. The molecule has 1 amide bonds. The lowest BCUT2D eigenvalue weighted by molar-refractivity contribution is -0.111. The molecule has 3 aromatic rings. The maximum absolute atomic E-state index is 12.7. The zero-order chi connectivity index (χ0) is 25.6. The van der Waals surface area contributed by atoms with Crippen LogP contribution >= 0.6 is 23.2 Å². The Morgan fingerprint density at radius 1 is 0.886 bits per heavy atom. The van der Waals surface area contributed by atoms with Gasteiger partial charge in [-0.15, -0.1) is 0 Å². The number of benzene rings is 3. The molecular formula is C24H22Cl2N2O6S. The van der Waals surface area contributed by atoms with Gasteiger partial charge in [0.25, 0.3) is 10.0 Å². The Hall–Kier alpha value is -3.40. The Labute approximate surface area is 213 Å². The molecule has 3 rings (SSSR count). The number of sulfonamides is 1. The van der Waals surface area contributed by atoms with E-state index in [1.54, 1.807) is 30.3 Å². The molecule has 8 nitrogen and oxygen atoms in total. The van der Waals surface area contributed by atoms with Crippen molar-refractivity contribution in [2.24, 2.45) is 0 Å². The maximum atomic E-state index is 12.7. The number of carbonyl (C=O) groups excluding carboxylic acids is 1. The van der Waals surface area contributed by atoms with E-state index in [1.165, 1.54) is 57.7 Å². The van der Waals surface area contributed by atoms with E-state index in [2.05, 4.69) is 10.0 Å². The van der Waals surface area contributed by atoms with Crippen molar-refractivity contribution in [1.29, 1.82) is 0 Å². The summed E-state index contributed by atoms with van der Waals surface area (Å²) < 4.78 is 43.7. The monoisotopic (exact) mass is 536 g/mol. The van der Waals surface area contributed by atoms with Gasteiger partial charge in [-0.25, -0.2) is 8.42 Å². The first kappa shape index (κ1) is 26.2. The molecule has 35 heavy (non-hydrogen) atoms. The van der Waals surface area contributed by atoms with Crippen molar-refractivity contribution < 1.29 is 27.4 Å². The Bertz CT molecular complexity index is 1360. The van der Waals surface area contributed by atoms with E-state index in [9.17, 15) is 13.2 Å². The van der Waals surface area contributed by atoms with Gasteiger partial charge in [0.2, 0.25) is 11.7 Å². The van der Waals surface area contributed by atoms with Crippen LogP contribution in [-0.2, 0) is 14.8 Å². The van der Waals surface area contributed by atoms with Crippen LogP contribution in [0.15, 0.2) is 65.6 Å². The summed E-state index contributed by atoms with van der Waals surface area (Å²) in [6.07, 6.45) is 2.88. The molecule has 0 radical (unpaired) electrons. The minimum absolute atomic E-state index is 0.0165. The Kier molecular flexibility index (Phi) is 8.50. The summed E-state index contributed by atoms with van der Waals surface area (Å²) >= 11 is 12.0. The standard InChI is InChI=1S/C24H22Cl2N2O6S/c1-32-20-13-7-15(23(33-2)24(20)34-3)8-14-21(29)27-16-9-11-17(12-10-16)35(30,31)28-19-6-4-5-18(25)22(19)26/h4-14,28H,1-3H3,(H,27,29)/b14-8+. The second kappa shape index (κ2) is 11.4. The molecule has 184 valence electrons. The lowest BCUT2D eigenvalue weighted by Crippen LogP contribution is -2.13. The molecule has 0 unspecified atom stereocenters. The van der Waals surface area contributed by atoms with Gasteiger partial charge >= 0.3 is 0 Å². The van der Waals surface area contributed by atoms with Gasteiger partial charge in [0.1, 0.15) is 0 Å². The highest BCUT2D eigenvalue weighted by Crippen LogP contribution is 2.40. The molecule has 0 atom stereocenters. The first-order valence-corrected chi connectivity index (χ1v) is 12.3. The van der Waals surface area contributed by atoms with Gasteiger partial charge in [0.15, 0.2) is 11.5 Å². The smallest absolute Gasteiger partial charge is 0.261 e. The van der Waals surface area contributed by atoms with Crippen LogP contribution in [0.5, 0.6) is 17.2 Å². The van der Waals surface area contributed by atoms with Gasteiger partial charge in [-0.1, -0.05) is 29.3 Å². The van der Waals surface area contributed by atoms with Crippen molar-refractivity contribution in [3.8, 4) is 17.2 Å². The van der Waals surface area contributed by atoms with Gasteiger partial charge in [-0.2, -0.15) is 0 Å². The predicted octanol–water partition coefficient (Wildman–Crippen LogP) is 5.47. The summed E-state index contributed by atoms with van der Waals surface area (Å²) in [5, 5.41) is 2.99. The highest BCUT2D eigenvalue weighted by molar-refractivity contribution is 7.92. The third kappa shape index (κ3) is 6.19. The van der Waals surface area contributed by atoms with Crippen molar-refractivity contribution in [3.05, 3.63) is 76.3 Å². The largest absolute Gasteiger partial charge is 0.493 e. The molecule has 0 fully saturated rings. The van der Waals surface area contributed by atoms with Crippen molar-refractivity contribution >= 4 is 56.6 Å². The summed E-state index contributed by atoms with van der Waals surface area (Å²) in [7, 11) is 0.568. The summed E-state index contributed by atoms with van der Waals surface area (Å²) in [6, 6.07) is 13.7. The van der Waals surface area contributed by atoms with Crippen LogP contribution in [0.1, 0.15) is 5.56 Å². The number of ether oxygens (including phenoxy) is 3. The van der Waals surface area contributed by atoms with Gasteiger partial charge in [0.05, 0.1) is 42.0 Å². The second-order valence-electron chi connectivity index (χ2n) is 6.98. The minimum atomic E-state index is -3.92. The minimum Gasteiger partial charge on any atom is -0.493 e. The summed E-state index contributed by atoms with van der Waals surface area (Å²) in [6.45, 7) is 0. The number of carbonyl (C=O) groups is 1. The van der Waals surface area contributed by atoms with Gasteiger partial charge < -0.3 is 19.5 Å². The van der Waals surface area contributed by atoms with Crippen LogP contribution in [0.4, 0.5) is 11.4 Å². The number of rotatable bonds is 9. The molecule has 0 saturated carbocycles. The number of amides is 1. The number of hydrogen-bond donors (Lipinski definition) is 2. The number of nitrogens with one attached hydrogen (secondary N) is 2. The normalized spacial score (nSPS) is 11.2. The van der Waals surface area contributed by atoms with E-state index in [0.717, 1.165) is 0 Å².